The highest BCUT2D eigenvalue weighted by molar-refractivity contribution is 6.32. The molecule has 1 fully saturated rings. The average Bonchev–Trinajstić information content (AvgIpc) is 2.76. The minimum atomic E-state index is 0.583. The van der Waals surface area contributed by atoms with Crippen molar-refractivity contribution in [3.8, 4) is 6.07 Å². The molecule has 0 bridgehead atoms. The number of anilines is 1. The summed E-state index contributed by atoms with van der Waals surface area (Å²) in [6.07, 6.45) is 5.89. The van der Waals surface area contributed by atoms with Crippen molar-refractivity contribution < 1.29 is 0 Å². The molecular formula is C26H32ClN3. The van der Waals surface area contributed by atoms with Crippen LogP contribution in [0, 0.1) is 17.2 Å². The third-order valence-corrected chi connectivity index (χ3v) is 6.06. The third kappa shape index (κ3) is 6.36. The molecule has 3 nitrogen and oxygen atoms in total. The van der Waals surface area contributed by atoms with E-state index < -0.39 is 0 Å². The van der Waals surface area contributed by atoms with Gasteiger partial charge in [0.25, 0.3) is 0 Å². The smallest absolute Gasteiger partial charge is 0.0998 e. The minimum Gasteiger partial charge on any atom is -0.369 e. The topological polar surface area (TPSA) is 30.3 Å². The van der Waals surface area contributed by atoms with Gasteiger partial charge in [-0.2, -0.15) is 5.26 Å². The predicted molar refractivity (Wildman–Crippen MR) is 129 cm³/mol. The number of allylic oxidation sites excluding steroid dienone is 1. The Morgan fingerprint density at radius 1 is 1.03 bits per heavy atom. The molecule has 0 aliphatic carbocycles. The van der Waals surface area contributed by atoms with Gasteiger partial charge in [-0.25, -0.2) is 0 Å². The lowest BCUT2D eigenvalue weighted by Gasteiger charge is -2.36. The van der Waals surface area contributed by atoms with Gasteiger partial charge >= 0.3 is 0 Å². The number of halogens is 1. The van der Waals surface area contributed by atoms with Crippen molar-refractivity contribution >= 4 is 28.9 Å². The van der Waals surface area contributed by atoms with E-state index in [4.69, 9.17) is 11.6 Å². The van der Waals surface area contributed by atoms with Crippen LogP contribution in [0.1, 0.15) is 44.2 Å². The number of benzene rings is 2. The Bertz CT molecular complexity index is 872. The van der Waals surface area contributed by atoms with Gasteiger partial charge < -0.3 is 4.90 Å². The lowest BCUT2D eigenvalue weighted by Crippen LogP contribution is -2.46. The fourth-order valence-corrected chi connectivity index (χ4v) is 4.15. The number of nitriles is 1. The van der Waals surface area contributed by atoms with Crippen LogP contribution in [0.3, 0.4) is 0 Å². The van der Waals surface area contributed by atoms with Crippen LogP contribution in [-0.4, -0.2) is 37.6 Å². The molecule has 158 valence electrons. The van der Waals surface area contributed by atoms with E-state index in [1.165, 1.54) is 31.5 Å². The molecular weight excluding hydrogens is 390 g/mol. The number of hydrogen-bond acceptors (Lipinski definition) is 3. The summed E-state index contributed by atoms with van der Waals surface area (Å²) in [6, 6.07) is 18.2. The van der Waals surface area contributed by atoms with E-state index >= 15 is 0 Å². The van der Waals surface area contributed by atoms with Gasteiger partial charge in [-0.05, 0) is 48.7 Å². The molecule has 30 heavy (non-hydrogen) atoms. The molecule has 1 aliphatic rings. The second-order valence-corrected chi connectivity index (χ2v) is 8.87. The maximum atomic E-state index is 9.56. The standard InChI is InChI=1S/C26H32ClN3/c1-21(2)7-5-6-14-29-15-17-30(18-16-29)24-12-10-22(11-13-24)19-23(20-28)25-8-3-4-9-26(25)27/h3-4,8-13,19,21H,5-7,14-18H2,1-2H3. The first kappa shape index (κ1) is 22.4. The third-order valence-electron chi connectivity index (χ3n) is 5.73. The van der Waals surface area contributed by atoms with E-state index in [-0.39, 0.29) is 0 Å². The highest BCUT2D eigenvalue weighted by atomic mass is 35.5. The van der Waals surface area contributed by atoms with Gasteiger partial charge in [0.1, 0.15) is 0 Å². The number of hydrogen-bond donors (Lipinski definition) is 0. The molecule has 3 rings (SSSR count). The number of unbranched alkanes of at least 4 members (excludes halogenated alkanes) is 1. The van der Waals surface area contributed by atoms with E-state index in [9.17, 15) is 5.26 Å². The predicted octanol–water partition coefficient (Wildman–Crippen LogP) is 6.35. The summed E-state index contributed by atoms with van der Waals surface area (Å²) in [6.45, 7) is 10.2. The van der Waals surface area contributed by atoms with Gasteiger partial charge in [0, 0.05) is 42.5 Å². The lowest BCUT2D eigenvalue weighted by molar-refractivity contribution is 0.250. The highest BCUT2D eigenvalue weighted by Crippen LogP contribution is 2.26. The summed E-state index contributed by atoms with van der Waals surface area (Å²) in [5.74, 6) is 0.814. The fourth-order valence-electron chi connectivity index (χ4n) is 3.92. The van der Waals surface area contributed by atoms with Crippen LogP contribution in [0.2, 0.25) is 5.02 Å². The number of nitrogens with zero attached hydrogens (tertiary/aromatic N) is 3. The molecule has 4 heteroatoms. The van der Waals surface area contributed by atoms with Gasteiger partial charge in [-0.1, -0.05) is 68.6 Å². The average molecular weight is 422 g/mol. The Morgan fingerprint density at radius 2 is 1.73 bits per heavy atom. The van der Waals surface area contributed by atoms with Gasteiger partial charge in [-0.3, -0.25) is 4.90 Å². The van der Waals surface area contributed by atoms with E-state index in [1.807, 2.05) is 30.3 Å². The van der Waals surface area contributed by atoms with Crippen LogP contribution in [0.15, 0.2) is 48.5 Å². The second-order valence-electron chi connectivity index (χ2n) is 8.46. The molecule has 2 aromatic rings. The summed E-state index contributed by atoms with van der Waals surface area (Å²) in [5.41, 5.74) is 3.62. The van der Waals surface area contributed by atoms with Crippen LogP contribution in [0.25, 0.3) is 11.6 Å². The van der Waals surface area contributed by atoms with E-state index in [1.54, 1.807) is 0 Å². The van der Waals surface area contributed by atoms with Crippen molar-refractivity contribution in [3.05, 3.63) is 64.7 Å². The Kier molecular flexibility index (Phi) is 8.37. The molecule has 1 saturated heterocycles. The summed E-state index contributed by atoms with van der Waals surface area (Å²) in [5, 5.41) is 10.2. The first-order valence-electron chi connectivity index (χ1n) is 11.0. The minimum absolute atomic E-state index is 0.583. The molecule has 0 N–H and O–H groups in total. The maximum Gasteiger partial charge on any atom is 0.0998 e. The van der Waals surface area contributed by atoms with Crippen molar-refractivity contribution in [2.45, 2.75) is 33.1 Å². The molecule has 0 saturated carbocycles. The quantitative estimate of drug-likeness (QED) is 0.282. The van der Waals surface area contributed by atoms with Crippen LogP contribution in [0.5, 0.6) is 0 Å². The molecule has 0 radical (unpaired) electrons. The SMILES string of the molecule is CC(C)CCCCN1CCN(c2ccc(C=C(C#N)c3ccccc3Cl)cc2)CC1. The molecule has 2 aromatic carbocycles. The van der Waals surface area contributed by atoms with Crippen LogP contribution in [0.4, 0.5) is 5.69 Å². The van der Waals surface area contributed by atoms with Crippen molar-refractivity contribution in [1.82, 2.24) is 4.90 Å². The monoisotopic (exact) mass is 421 g/mol. The maximum absolute atomic E-state index is 9.56. The van der Waals surface area contributed by atoms with E-state index in [0.717, 1.165) is 43.2 Å². The Hall–Kier alpha value is -2.28. The first-order chi connectivity index (χ1) is 14.6. The fraction of sp³-hybridized carbons (Fsp3) is 0.423. The molecule has 0 amide bonds. The molecule has 0 atom stereocenters. The van der Waals surface area contributed by atoms with Gasteiger partial charge in [0.15, 0.2) is 0 Å². The molecule has 0 unspecified atom stereocenters. The number of rotatable bonds is 8. The Morgan fingerprint density at radius 3 is 2.37 bits per heavy atom. The first-order valence-corrected chi connectivity index (χ1v) is 11.4. The summed E-state index contributed by atoms with van der Waals surface area (Å²) in [7, 11) is 0. The highest BCUT2D eigenvalue weighted by Gasteiger charge is 2.16. The lowest BCUT2D eigenvalue weighted by atomic mass is 10.0. The molecule has 1 aliphatic heterocycles. The summed E-state index contributed by atoms with van der Waals surface area (Å²) >= 11 is 6.25. The van der Waals surface area contributed by atoms with Crippen molar-refractivity contribution in [2.75, 3.05) is 37.6 Å². The Balaban J connectivity index is 1.55. The van der Waals surface area contributed by atoms with Crippen molar-refractivity contribution in [3.63, 3.8) is 0 Å². The second kappa shape index (κ2) is 11.2. The number of piperazine rings is 1. The van der Waals surface area contributed by atoms with Gasteiger partial charge in [0.05, 0.1) is 11.6 Å². The molecule has 1 heterocycles. The van der Waals surface area contributed by atoms with Crippen LogP contribution in [-0.2, 0) is 0 Å². The molecule has 0 spiro atoms. The van der Waals surface area contributed by atoms with Gasteiger partial charge in [-0.15, -0.1) is 0 Å². The zero-order valence-corrected chi connectivity index (χ0v) is 18.9. The zero-order valence-electron chi connectivity index (χ0n) is 18.1. The van der Waals surface area contributed by atoms with E-state index in [0.29, 0.717) is 10.6 Å². The summed E-state index contributed by atoms with van der Waals surface area (Å²) < 4.78 is 0. The van der Waals surface area contributed by atoms with Crippen molar-refractivity contribution in [1.29, 1.82) is 5.26 Å². The largest absolute Gasteiger partial charge is 0.369 e. The van der Waals surface area contributed by atoms with Crippen LogP contribution >= 0.6 is 11.6 Å². The van der Waals surface area contributed by atoms with Crippen LogP contribution < -0.4 is 4.90 Å². The summed E-state index contributed by atoms with van der Waals surface area (Å²) in [4.78, 5) is 5.05. The Labute approximate surface area is 186 Å². The van der Waals surface area contributed by atoms with Gasteiger partial charge in [0.2, 0.25) is 0 Å². The van der Waals surface area contributed by atoms with Crippen molar-refractivity contribution in [2.24, 2.45) is 5.92 Å². The zero-order chi connectivity index (χ0) is 21.3. The molecule has 0 aromatic heterocycles. The van der Waals surface area contributed by atoms with E-state index in [2.05, 4.69) is 54.0 Å². The normalized spacial score (nSPS) is 15.4.